The van der Waals surface area contributed by atoms with Crippen molar-refractivity contribution < 1.29 is 27.4 Å². The molecule has 1 unspecified atom stereocenters. The van der Waals surface area contributed by atoms with Gasteiger partial charge in [0.05, 0.1) is 19.8 Å². The van der Waals surface area contributed by atoms with Gasteiger partial charge in [-0.05, 0) is 53.6 Å². The van der Waals surface area contributed by atoms with E-state index in [1.807, 2.05) is 30.3 Å². The maximum absolute atomic E-state index is 13.9. The van der Waals surface area contributed by atoms with Crippen LogP contribution in [0.25, 0.3) is 0 Å². The number of benzene rings is 3. The molecule has 0 N–H and O–H groups in total. The number of nitrogens with zero attached hydrogens (tertiary/aromatic N) is 3. The van der Waals surface area contributed by atoms with Crippen LogP contribution in [-0.4, -0.2) is 49.3 Å². The summed E-state index contributed by atoms with van der Waals surface area (Å²) in [7, 11) is -0.879. The smallest absolute Gasteiger partial charge is 0.338 e. The molecule has 0 radical (unpaired) electrons. The van der Waals surface area contributed by atoms with Crippen LogP contribution in [0.3, 0.4) is 0 Å². The second-order valence-corrected chi connectivity index (χ2v) is 10.8. The van der Waals surface area contributed by atoms with Crippen molar-refractivity contribution in [3.05, 3.63) is 120 Å². The molecule has 0 spiro atoms. The summed E-state index contributed by atoms with van der Waals surface area (Å²) in [5, 5.41) is 4.22. The van der Waals surface area contributed by atoms with Crippen LogP contribution >= 0.6 is 0 Å². The molecular weight excluding hydrogens is 530 g/mol. The molecule has 0 aliphatic rings. The lowest BCUT2D eigenvalue weighted by Gasteiger charge is -2.22. The molecule has 0 fully saturated rings. The van der Waals surface area contributed by atoms with E-state index in [-0.39, 0.29) is 24.7 Å². The van der Waals surface area contributed by atoms with E-state index in [9.17, 15) is 13.2 Å². The third-order valence-electron chi connectivity index (χ3n) is 6.23. The first-order chi connectivity index (χ1) is 19.3. The first-order valence-electron chi connectivity index (χ1n) is 12.5. The van der Waals surface area contributed by atoms with Crippen molar-refractivity contribution in [3.63, 3.8) is 0 Å². The molecule has 0 saturated heterocycles. The normalized spacial score (nSPS) is 12.1. The van der Waals surface area contributed by atoms with Crippen LogP contribution in [0, 0.1) is 0 Å². The molecule has 1 heterocycles. The molecule has 1 aromatic heterocycles. The average Bonchev–Trinajstić information content (AvgIpc) is 3.49. The molecular formula is C30H31N3O6S. The summed E-state index contributed by atoms with van der Waals surface area (Å²) >= 11 is 0. The molecule has 3 aromatic carbocycles. The van der Waals surface area contributed by atoms with Crippen LogP contribution in [0.1, 0.15) is 27.5 Å². The van der Waals surface area contributed by atoms with E-state index in [1.165, 1.54) is 21.3 Å². The van der Waals surface area contributed by atoms with Crippen molar-refractivity contribution in [2.45, 2.75) is 24.2 Å². The average molecular weight is 562 g/mol. The highest BCUT2D eigenvalue weighted by molar-refractivity contribution is 7.89. The zero-order valence-electron chi connectivity index (χ0n) is 22.3. The number of methoxy groups -OCH3 is 2. The maximum Gasteiger partial charge on any atom is 0.338 e. The van der Waals surface area contributed by atoms with Gasteiger partial charge in [0.25, 0.3) is 10.0 Å². The molecule has 0 aliphatic heterocycles. The lowest BCUT2D eigenvalue weighted by atomic mass is 10.2. The van der Waals surface area contributed by atoms with Crippen molar-refractivity contribution in [2.75, 3.05) is 20.8 Å². The standard InChI is InChI=1S/C30H31N3O6S/c1-4-26(22-39-30(34)25-8-6-5-7-9-25)33-19-18-29(31-33)40(35,36)32(20-23-10-14-27(37-2)15-11-23)21-24-12-16-28(38-3)17-13-24/h4-19,26H,1,20-22H2,2-3H3. The number of esters is 1. The molecule has 0 bridgehead atoms. The highest BCUT2D eigenvalue weighted by Gasteiger charge is 2.28. The van der Waals surface area contributed by atoms with E-state index < -0.39 is 22.0 Å². The molecule has 9 nitrogen and oxygen atoms in total. The van der Waals surface area contributed by atoms with Gasteiger partial charge in [-0.15, -0.1) is 6.58 Å². The monoisotopic (exact) mass is 561 g/mol. The van der Waals surface area contributed by atoms with Crippen LogP contribution in [0.4, 0.5) is 0 Å². The van der Waals surface area contributed by atoms with E-state index in [1.54, 1.807) is 68.8 Å². The summed E-state index contributed by atoms with van der Waals surface area (Å²) in [6, 6.07) is 23.9. The summed E-state index contributed by atoms with van der Waals surface area (Å²) in [6.45, 7) is 3.98. The van der Waals surface area contributed by atoms with Crippen molar-refractivity contribution >= 4 is 16.0 Å². The van der Waals surface area contributed by atoms with Crippen LogP contribution in [0.5, 0.6) is 11.5 Å². The highest BCUT2D eigenvalue weighted by atomic mass is 32.2. The Hall–Kier alpha value is -4.41. The van der Waals surface area contributed by atoms with Gasteiger partial charge in [-0.1, -0.05) is 48.5 Å². The number of aromatic nitrogens is 2. The summed E-state index contributed by atoms with van der Waals surface area (Å²) in [6.07, 6.45) is 3.09. The fraction of sp³-hybridized carbons (Fsp3) is 0.200. The molecule has 40 heavy (non-hydrogen) atoms. The predicted octanol–water partition coefficient (Wildman–Crippen LogP) is 4.88. The highest BCUT2D eigenvalue weighted by Crippen LogP contribution is 2.23. The van der Waals surface area contributed by atoms with Gasteiger partial charge < -0.3 is 14.2 Å². The van der Waals surface area contributed by atoms with Gasteiger partial charge in [-0.25, -0.2) is 13.2 Å². The van der Waals surface area contributed by atoms with Gasteiger partial charge in [0.1, 0.15) is 24.1 Å². The van der Waals surface area contributed by atoms with Gasteiger partial charge in [0, 0.05) is 19.3 Å². The molecule has 4 rings (SSSR count). The predicted molar refractivity (Wildman–Crippen MR) is 151 cm³/mol. The largest absolute Gasteiger partial charge is 0.497 e. The van der Waals surface area contributed by atoms with E-state index in [0.29, 0.717) is 17.1 Å². The molecule has 0 saturated carbocycles. The lowest BCUT2D eigenvalue weighted by Crippen LogP contribution is -2.31. The van der Waals surface area contributed by atoms with Crippen molar-refractivity contribution in [2.24, 2.45) is 0 Å². The zero-order chi connectivity index (χ0) is 28.5. The molecule has 10 heteroatoms. The summed E-state index contributed by atoms with van der Waals surface area (Å²) < 4.78 is 46.4. The summed E-state index contributed by atoms with van der Waals surface area (Å²) in [5.41, 5.74) is 1.99. The minimum Gasteiger partial charge on any atom is -0.497 e. The first kappa shape index (κ1) is 28.6. The Kier molecular flexibility index (Phi) is 9.36. The summed E-state index contributed by atoms with van der Waals surface area (Å²) in [4.78, 5) is 12.4. The van der Waals surface area contributed by atoms with E-state index in [4.69, 9.17) is 14.2 Å². The molecule has 0 amide bonds. The van der Waals surface area contributed by atoms with Gasteiger partial charge in [0.2, 0.25) is 0 Å². The fourth-order valence-corrected chi connectivity index (χ4v) is 5.27. The Labute approximate surface area is 234 Å². The topological polar surface area (TPSA) is 100.0 Å². The van der Waals surface area contributed by atoms with Gasteiger partial charge in [-0.2, -0.15) is 9.40 Å². The Bertz CT molecular complexity index is 1470. The lowest BCUT2D eigenvalue weighted by molar-refractivity contribution is 0.0464. The molecule has 1 atom stereocenters. The summed E-state index contributed by atoms with van der Waals surface area (Å²) in [5.74, 6) is 0.864. The SMILES string of the molecule is C=CC(COC(=O)c1ccccc1)n1ccc(S(=O)(=O)N(Cc2ccc(OC)cc2)Cc2ccc(OC)cc2)n1. The Balaban J connectivity index is 1.56. The number of sulfonamides is 1. The minimum atomic E-state index is -4.03. The van der Waals surface area contributed by atoms with Gasteiger partial charge >= 0.3 is 5.97 Å². The third-order valence-corrected chi connectivity index (χ3v) is 7.91. The number of ether oxygens (including phenoxy) is 3. The van der Waals surface area contributed by atoms with Crippen LogP contribution < -0.4 is 9.47 Å². The Morgan fingerprint density at radius 3 is 1.95 bits per heavy atom. The van der Waals surface area contributed by atoms with Gasteiger partial charge in [0.15, 0.2) is 5.03 Å². The number of carbonyl (C=O) groups excluding carboxylic acids is 1. The molecule has 208 valence electrons. The quantitative estimate of drug-likeness (QED) is 0.170. The van der Waals surface area contributed by atoms with E-state index in [0.717, 1.165) is 11.1 Å². The van der Waals surface area contributed by atoms with Crippen molar-refractivity contribution in [1.82, 2.24) is 14.1 Å². The first-order valence-corrected chi connectivity index (χ1v) is 13.9. The third kappa shape index (κ3) is 6.96. The molecule has 4 aromatic rings. The Morgan fingerprint density at radius 2 is 1.45 bits per heavy atom. The van der Waals surface area contributed by atoms with Crippen LogP contribution in [0.15, 0.2) is 109 Å². The van der Waals surface area contributed by atoms with Gasteiger partial charge in [-0.3, -0.25) is 4.68 Å². The van der Waals surface area contributed by atoms with E-state index >= 15 is 0 Å². The number of hydrogen-bond donors (Lipinski definition) is 0. The zero-order valence-corrected chi connectivity index (χ0v) is 23.2. The van der Waals surface area contributed by atoms with Crippen LogP contribution in [-0.2, 0) is 27.8 Å². The number of rotatable bonds is 13. The minimum absolute atomic E-state index is 0.0557. The van der Waals surface area contributed by atoms with Crippen molar-refractivity contribution in [3.8, 4) is 11.5 Å². The van der Waals surface area contributed by atoms with Crippen molar-refractivity contribution in [1.29, 1.82) is 0 Å². The van der Waals surface area contributed by atoms with Crippen LogP contribution in [0.2, 0.25) is 0 Å². The second kappa shape index (κ2) is 13.1. The maximum atomic E-state index is 13.9. The van der Waals surface area contributed by atoms with E-state index in [2.05, 4.69) is 11.7 Å². The fourth-order valence-electron chi connectivity index (χ4n) is 3.94. The second-order valence-electron chi connectivity index (χ2n) is 8.87. The number of carbonyl (C=O) groups is 1. The Morgan fingerprint density at radius 1 is 0.900 bits per heavy atom. The number of hydrogen-bond acceptors (Lipinski definition) is 7. The molecule has 0 aliphatic carbocycles.